The first-order valence-electron chi connectivity index (χ1n) is 9.24. The van der Waals surface area contributed by atoms with Gasteiger partial charge in [0.15, 0.2) is 6.10 Å². The molecule has 2 N–H and O–H groups in total. The van der Waals surface area contributed by atoms with Crippen LogP contribution in [-0.4, -0.2) is 41.0 Å². The van der Waals surface area contributed by atoms with Gasteiger partial charge in [-0.2, -0.15) is 0 Å². The summed E-state index contributed by atoms with van der Waals surface area (Å²) in [5.41, 5.74) is 0.399. The maximum absolute atomic E-state index is 12.6. The molecular weight excluding hydrogens is 380 g/mol. The molecule has 2 amide bonds. The molecule has 0 aromatic heterocycles. The number of hydrogen-bond donors (Lipinski definition) is 2. The first-order chi connectivity index (χ1) is 13.4. The fourth-order valence-corrected chi connectivity index (χ4v) is 3.33. The van der Waals surface area contributed by atoms with Crippen LogP contribution in [0, 0.1) is 5.92 Å². The molecule has 0 saturated carbocycles. The molecule has 28 heavy (non-hydrogen) atoms. The number of carbonyl (C=O) groups is 2. The van der Waals surface area contributed by atoms with Crippen molar-refractivity contribution in [2.75, 3.05) is 18.4 Å². The van der Waals surface area contributed by atoms with E-state index in [0.717, 1.165) is 0 Å². The summed E-state index contributed by atoms with van der Waals surface area (Å²) in [6, 6.07) is 13.5. The van der Waals surface area contributed by atoms with Crippen LogP contribution in [0.5, 0.6) is 11.5 Å². The maximum Gasteiger partial charge on any atom is 0.263 e. The van der Waals surface area contributed by atoms with Gasteiger partial charge in [0.05, 0.1) is 5.69 Å². The SMILES string of the molecule is CC(Oc1ccc(Cl)cc1)C(=O)N1CCC(C(=O)Nc2ccccc2O)CC1. The number of halogens is 1. The molecule has 0 bridgehead atoms. The lowest BCUT2D eigenvalue weighted by molar-refractivity contribution is -0.140. The van der Waals surface area contributed by atoms with Crippen LogP contribution in [0.3, 0.4) is 0 Å². The van der Waals surface area contributed by atoms with Gasteiger partial charge in [-0.15, -0.1) is 0 Å². The van der Waals surface area contributed by atoms with E-state index in [1.54, 1.807) is 54.3 Å². The molecule has 148 valence electrons. The number of rotatable bonds is 5. The summed E-state index contributed by atoms with van der Waals surface area (Å²) < 4.78 is 5.69. The average Bonchev–Trinajstić information content (AvgIpc) is 2.71. The normalized spacial score (nSPS) is 15.7. The maximum atomic E-state index is 12.6. The zero-order valence-electron chi connectivity index (χ0n) is 15.6. The third kappa shape index (κ3) is 4.95. The largest absolute Gasteiger partial charge is 0.506 e. The molecule has 1 heterocycles. The van der Waals surface area contributed by atoms with Crippen molar-refractivity contribution in [3.05, 3.63) is 53.6 Å². The Labute approximate surface area is 169 Å². The van der Waals surface area contributed by atoms with E-state index in [4.69, 9.17) is 16.3 Å². The number of hydrogen-bond acceptors (Lipinski definition) is 4. The zero-order chi connectivity index (χ0) is 20.1. The minimum atomic E-state index is -0.618. The lowest BCUT2D eigenvalue weighted by atomic mass is 9.95. The van der Waals surface area contributed by atoms with Gasteiger partial charge in [0.1, 0.15) is 11.5 Å². The summed E-state index contributed by atoms with van der Waals surface area (Å²) in [7, 11) is 0. The van der Waals surface area contributed by atoms with E-state index in [9.17, 15) is 14.7 Å². The Bertz CT molecular complexity index is 833. The summed E-state index contributed by atoms with van der Waals surface area (Å²) in [6.07, 6.45) is 0.519. The van der Waals surface area contributed by atoms with Crippen molar-refractivity contribution in [2.24, 2.45) is 5.92 Å². The fourth-order valence-electron chi connectivity index (χ4n) is 3.20. The third-order valence-corrected chi connectivity index (χ3v) is 5.07. The number of likely N-dealkylation sites (tertiary alicyclic amines) is 1. The van der Waals surface area contributed by atoms with Crippen molar-refractivity contribution >= 4 is 29.1 Å². The molecule has 1 fully saturated rings. The van der Waals surface area contributed by atoms with Crippen LogP contribution in [0.1, 0.15) is 19.8 Å². The minimum Gasteiger partial charge on any atom is -0.506 e. The zero-order valence-corrected chi connectivity index (χ0v) is 16.4. The molecule has 1 aliphatic rings. The van der Waals surface area contributed by atoms with Crippen molar-refractivity contribution in [1.82, 2.24) is 4.90 Å². The number of ether oxygens (including phenoxy) is 1. The number of nitrogens with one attached hydrogen (secondary N) is 1. The second kappa shape index (κ2) is 8.97. The molecule has 0 aliphatic carbocycles. The molecule has 3 rings (SSSR count). The molecule has 6 nitrogen and oxygen atoms in total. The highest BCUT2D eigenvalue weighted by Crippen LogP contribution is 2.25. The molecule has 0 spiro atoms. The molecule has 1 atom stereocenters. The number of piperidine rings is 1. The summed E-state index contributed by atoms with van der Waals surface area (Å²) in [5.74, 6) is 0.184. The molecule has 1 saturated heterocycles. The minimum absolute atomic E-state index is 0.0386. The first-order valence-corrected chi connectivity index (χ1v) is 9.61. The Kier molecular flexibility index (Phi) is 6.41. The van der Waals surface area contributed by atoms with E-state index < -0.39 is 6.10 Å². The van der Waals surface area contributed by atoms with E-state index in [1.165, 1.54) is 6.07 Å². The van der Waals surface area contributed by atoms with Gasteiger partial charge < -0.3 is 20.1 Å². The smallest absolute Gasteiger partial charge is 0.263 e. The standard InChI is InChI=1S/C21H23ClN2O4/c1-14(28-17-8-6-16(22)7-9-17)21(27)24-12-10-15(11-13-24)20(26)23-18-4-2-3-5-19(18)25/h2-9,14-15,25H,10-13H2,1H3,(H,23,26). The van der Waals surface area contributed by atoms with Gasteiger partial charge in [-0.05, 0) is 56.2 Å². The van der Waals surface area contributed by atoms with Crippen molar-refractivity contribution in [2.45, 2.75) is 25.9 Å². The Morgan fingerprint density at radius 1 is 1.14 bits per heavy atom. The number of anilines is 1. The quantitative estimate of drug-likeness (QED) is 0.747. The molecule has 1 aliphatic heterocycles. The summed E-state index contributed by atoms with van der Waals surface area (Å²) >= 11 is 5.85. The fraction of sp³-hybridized carbons (Fsp3) is 0.333. The lowest BCUT2D eigenvalue weighted by Gasteiger charge is -2.33. The molecule has 2 aromatic carbocycles. The van der Waals surface area contributed by atoms with Crippen LogP contribution in [0.4, 0.5) is 5.69 Å². The van der Waals surface area contributed by atoms with Crippen LogP contribution in [0.15, 0.2) is 48.5 Å². The number of phenolic OH excluding ortho intramolecular Hbond substituents is 1. The van der Waals surface area contributed by atoms with E-state index >= 15 is 0 Å². The van der Waals surface area contributed by atoms with Gasteiger partial charge >= 0.3 is 0 Å². The number of aromatic hydroxyl groups is 1. The topological polar surface area (TPSA) is 78.9 Å². The number of phenols is 1. The Balaban J connectivity index is 1.50. The third-order valence-electron chi connectivity index (χ3n) is 4.81. The van der Waals surface area contributed by atoms with Crippen LogP contribution in [0.2, 0.25) is 5.02 Å². The van der Waals surface area contributed by atoms with Crippen LogP contribution >= 0.6 is 11.6 Å². The van der Waals surface area contributed by atoms with Crippen LogP contribution in [0.25, 0.3) is 0 Å². The molecule has 7 heteroatoms. The molecule has 0 radical (unpaired) electrons. The van der Waals surface area contributed by atoms with E-state index in [2.05, 4.69) is 5.32 Å². The Hall–Kier alpha value is -2.73. The van der Waals surface area contributed by atoms with Crippen molar-refractivity contribution in [3.63, 3.8) is 0 Å². The van der Waals surface area contributed by atoms with Gasteiger partial charge in [-0.1, -0.05) is 23.7 Å². The van der Waals surface area contributed by atoms with E-state index in [0.29, 0.717) is 42.4 Å². The lowest BCUT2D eigenvalue weighted by Crippen LogP contribution is -2.46. The number of para-hydroxylation sites is 2. The monoisotopic (exact) mass is 402 g/mol. The first kappa shape index (κ1) is 20.0. The van der Waals surface area contributed by atoms with E-state index in [1.807, 2.05) is 0 Å². The van der Waals surface area contributed by atoms with Gasteiger partial charge in [0.2, 0.25) is 5.91 Å². The predicted octanol–water partition coefficient (Wildman–Crippen LogP) is 3.69. The van der Waals surface area contributed by atoms with E-state index in [-0.39, 0.29) is 23.5 Å². The van der Waals surface area contributed by atoms with Crippen molar-refractivity contribution in [1.29, 1.82) is 0 Å². The highest BCUT2D eigenvalue weighted by atomic mass is 35.5. The highest BCUT2D eigenvalue weighted by molar-refractivity contribution is 6.30. The molecule has 1 unspecified atom stereocenters. The van der Waals surface area contributed by atoms with Crippen LogP contribution < -0.4 is 10.1 Å². The average molecular weight is 403 g/mol. The second-order valence-electron chi connectivity index (χ2n) is 6.82. The predicted molar refractivity (Wildman–Crippen MR) is 108 cm³/mol. The number of benzene rings is 2. The van der Waals surface area contributed by atoms with Crippen molar-refractivity contribution < 1.29 is 19.4 Å². The number of carbonyl (C=O) groups excluding carboxylic acids is 2. The van der Waals surface area contributed by atoms with Gasteiger partial charge in [-0.25, -0.2) is 0 Å². The van der Waals surface area contributed by atoms with Gasteiger partial charge in [0.25, 0.3) is 5.91 Å². The van der Waals surface area contributed by atoms with Gasteiger partial charge in [0, 0.05) is 24.0 Å². The Morgan fingerprint density at radius 3 is 2.43 bits per heavy atom. The summed E-state index contributed by atoms with van der Waals surface area (Å²) in [6.45, 7) is 2.70. The number of nitrogens with zero attached hydrogens (tertiary/aromatic N) is 1. The highest BCUT2D eigenvalue weighted by Gasteiger charge is 2.30. The second-order valence-corrected chi connectivity index (χ2v) is 7.26. The summed E-state index contributed by atoms with van der Waals surface area (Å²) in [4.78, 5) is 26.8. The van der Waals surface area contributed by atoms with Gasteiger partial charge in [-0.3, -0.25) is 9.59 Å². The van der Waals surface area contributed by atoms with Crippen LogP contribution in [-0.2, 0) is 9.59 Å². The Morgan fingerprint density at radius 2 is 1.79 bits per heavy atom. The van der Waals surface area contributed by atoms with Crippen molar-refractivity contribution in [3.8, 4) is 11.5 Å². The summed E-state index contributed by atoms with van der Waals surface area (Å²) in [5, 5.41) is 13.1. The molecular formula is C21H23ClN2O4. The number of amides is 2. The molecule has 2 aromatic rings.